The molecule has 0 radical (unpaired) electrons. The fourth-order valence-corrected chi connectivity index (χ4v) is 1.96. The van der Waals surface area contributed by atoms with E-state index in [-0.39, 0.29) is 11.9 Å². The summed E-state index contributed by atoms with van der Waals surface area (Å²) in [5, 5.41) is 0. The summed E-state index contributed by atoms with van der Waals surface area (Å²) < 4.78 is 18.8. The highest BCUT2D eigenvalue weighted by Crippen LogP contribution is 2.24. The maximum absolute atomic E-state index is 13.0. The van der Waals surface area contributed by atoms with E-state index in [4.69, 9.17) is 10.5 Å². The average Bonchev–Trinajstić information content (AvgIpc) is 2.38. The number of halogens is 1. The first kappa shape index (κ1) is 13.6. The fraction of sp³-hybridized carbons (Fsp3) is 0.250. The molecule has 2 rings (SSSR count). The van der Waals surface area contributed by atoms with Crippen LogP contribution in [0.4, 0.5) is 4.39 Å². The molecule has 0 aromatic heterocycles. The molecule has 2 N–H and O–H groups in total. The van der Waals surface area contributed by atoms with Gasteiger partial charge in [0.1, 0.15) is 18.2 Å². The van der Waals surface area contributed by atoms with Gasteiger partial charge in [0.05, 0.1) is 0 Å². The summed E-state index contributed by atoms with van der Waals surface area (Å²) in [6, 6.07) is 12.3. The molecule has 0 aliphatic carbocycles. The Morgan fingerprint density at radius 1 is 1.21 bits per heavy atom. The second kappa shape index (κ2) is 5.85. The highest BCUT2D eigenvalue weighted by atomic mass is 19.1. The first-order valence-electron chi connectivity index (χ1n) is 6.30. The van der Waals surface area contributed by atoms with Gasteiger partial charge >= 0.3 is 0 Å². The third-order valence-electron chi connectivity index (χ3n) is 3.10. The van der Waals surface area contributed by atoms with E-state index in [1.807, 2.05) is 38.1 Å². The zero-order valence-electron chi connectivity index (χ0n) is 11.2. The Morgan fingerprint density at radius 3 is 2.63 bits per heavy atom. The lowest BCUT2D eigenvalue weighted by molar-refractivity contribution is 0.300. The van der Waals surface area contributed by atoms with E-state index in [0.717, 1.165) is 22.4 Å². The molecule has 0 saturated heterocycles. The van der Waals surface area contributed by atoms with Gasteiger partial charge in [-0.2, -0.15) is 0 Å². The highest BCUT2D eigenvalue weighted by molar-refractivity contribution is 5.36. The van der Waals surface area contributed by atoms with Gasteiger partial charge in [0.25, 0.3) is 0 Å². The first-order chi connectivity index (χ1) is 9.08. The number of aryl methyl sites for hydroxylation is 1. The normalized spacial score (nSPS) is 12.2. The van der Waals surface area contributed by atoms with Crippen molar-refractivity contribution in [1.82, 2.24) is 0 Å². The van der Waals surface area contributed by atoms with Crippen LogP contribution < -0.4 is 10.5 Å². The zero-order valence-corrected chi connectivity index (χ0v) is 11.2. The Kier molecular flexibility index (Phi) is 4.17. The second-order valence-electron chi connectivity index (χ2n) is 4.69. The number of benzene rings is 2. The van der Waals surface area contributed by atoms with Crippen LogP contribution in [0.2, 0.25) is 0 Å². The van der Waals surface area contributed by atoms with Crippen molar-refractivity contribution in [3.8, 4) is 5.75 Å². The van der Waals surface area contributed by atoms with Gasteiger partial charge in [-0.05, 0) is 43.2 Å². The maximum Gasteiger partial charge on any atom is 0.124 e. The predicted octanol–water partition coefficient (Wildman–Crippen LogP) is 3.73. The van der Waals surface area contributed by atoms with E-state index in [1.165, 1.54) is 12.1 Å². The van der Waals surface area contributed by atoms with Crippen molar-refractivity contribution >= 4 is 0 Å². The summed E-state index contributed by atoms with van der Waals surface area (Å²) in [6.45, 7) is 4.21. The van der Waals surface area contributed by atoms with E-state index in [2.05, 4.69) is 0 Å². The van der Waals surface area contributed by atoms with Crippen molar-refractivity contribution in [1.29, 1.82) is 0 Å². The summed E-state index contributed by atoms with van der Waals surface area (Å²) in [5.41, 5.74) is 8.74. The van der Waals surface area contributed by atoms with Crippen molar-refractivity contribution < 1.29 is 9.13 Å². The van der Waals surface area contributed by atoms with Gasteiger partial charge in [0.2, 0.25) is 0 Å². The van der Waals surface area contributed by atoms with Crippen LogP contribution in [0.15, 0.2) is 42.5 Å². The molecule has 0 saturated carbocycles. The van der Waals surface area contributed by atoms with Crippen LogP contribution in [0.1, 0.15) is 29.7 Å². The quantitative estimate of drug-likeness (QED) is 0.908. The molecular formula is C16H18FNO. The van der Waals surface area contributed by atoms with Crippen molar-refractivity contribution in [3.63, 3.8) is 0 Å². The van der Waals surface area contributed by atoms with E-state index >= 15 is 0 Å². The van der Waals surface area contributed by atoms with E-state index < -0.39 is 0 Å². The van der Waals surface area contributed by atoms with Crippen LogP contribution in [0.5, 0.6) is 5.75 Å². The molecule has 0 aliphatic heterocycles. The summed E-state index contributed by atoms with van der Waals surface area (Å²) in [4.78, 5) is 0. The van der Waals surface area contributed by atoms with Crippen LogP contribution in [0.25, 0.3) is 0 Å². The van der Waals surface area contributed by atoms with Crippen LogP contribution in [0, 0.1) is 12.7 Å². The topological polar surface area (TPSA) is 35.2 Å². The Balaban J connectivity index is 2.14. The Morgan fingerprint density at radius 2 is 1.95 bits per heavy atom. The highest BCUT2D eigenvalue weighted by Gasteiger charge is 2.08. The summed E-state index contributed by atoms with van der Waals surface area (Å²) in [7, 11) is 0. The smallest absolute Gasteiger partial charge is 0.124 e. The van der Waals surface area contributed by atoms with Gasteiger partial charge in [-0.3, -0.25) is 0 Å². The summed E-state index contributed by atoms with van der Waals surface area (Å²) >= 11 is 0. The monoisotopic (exact) mass is 259 g/mol. The Hall–Kier alpha value is -1.87. The number of hydrogen-bond acceptors (Lipinski definition) is 2. The number of nitrogens with two attached hydrogens (primary N) is 1. The first-order valence-corrected chi connectivity index (χ1v) is 6.30. The predicted molar refractivity (Wildman–Crippen MR) is 74.5 cm³/mol. The fourth-order valence-electron chi connectivity index (χ4n) is 1.96. The molecule has 0 bridgehead atoms. The molecule has 2 aromatic carbocycles. The van der Waals surface area contributed by atoms with Crippen LogP contribution >= 0.6 is 0 Å². The van der Waals surface area contributed by atoms with Crippen molar-refractivity contribution in [3.05, 3.63) is 65.0 Å². The molecule has 0 fully saturated rings. The van der Waals surface area contributed by atoms with Gasteiger partial charge in [0.15, 0.2) is 0 Å². The lowest BCUT2D eigenvalue weighted by Gasteiger charge is -2.14. The van der Waals surface area contributed by atoms with Gasteiger partial charge in [-0.15, -0.1) is 0 Å². The summed E-state index contributed by atoms with van der Waals surface area (Å²) in [6.07, 6.45) is 0. The lowest BCUT2D eigenvalue weighted by atomic mass is 10.1. The van der Waals surface area contributed by atoms with E-state index in [1.54, 1.807) is 6.07 Å². The number of hydrogen-bond donors (Lipinski definition) is 1. The van der Waals surface area contributed by atoms with Gasteiger partial charge in [-0.1, -0.05) is 24.3 Å². The van der Waals surface area contributed by atoms with Crippen molar-refractivity contribution in [2.75, 3.05) is 0 Å². The molecule has 0 spiro atoms. The SMILES string of the molecule is Cc1cc(F)ccc1COc1ccccc1C(C)N. The van der Waals surface area contributed by atoms with Gasteiger partial charge in [0, 0.05) is 11.6 Å². The van der Waals surface area contributed by atoms with Crippen molar-refractivity contribution in [2.45, 2.75) is 26.5 Å². The van der Waals surface area contributed by atoms with Gasteiger partial charge in [-0.25, -0.2) is 4.39 Å². The number of rotatable bonds is 4. The number of para-hydroxylation sites is 1. The molecular weight excluding hydrogens is 241 g/mol. The van der Waals surface area contributed by atoms with Crippen LogP contribution in [-0.2, 0) is 6.61 Å². The molecule has 0 heterocycles. The third kappa shape index (κ3) is 3.32. The van der Waals surface area contributed by atoms with E-state index in [9.17, 15) is 4.39 Å². The molecule has 3 heteroatoms. The second-order valence-corrected chi connectivity index (χ2v) is 4.69. The minimum absolute atomic E-state index is 0.0782. The van der Waals surface area contributed by atoms with Crippen LogP contribution in [-0.4, -0.2) is 0 Å². The number of ether oxygens (including phenoxy) is 1. The Bertz CT molecular complexity index is 566. The zero-order chi connectivity index (χ0) is 13.8. The molecule has 2 aromatic rings. The molecule has 1 atom stereocenters. The molecule has 0 aliphatic rings. The van der Waals surface area contributed by atoms with Crippen LogP contribution in [0.3, 0.4) is 0 Å². The summed E-state index contributed by atoms with van der Waals surface area (Å²) in [5.74, 6) is 0.554. The molecule has 1 unspecified atom stereocenters. The van der Waals surface area contributed by atoms with E-state index in [0.29, 0.717) is 6.61 Å². The Labute approximate surface area is 113 Å². The molecule has 0 amide bonds. The minimum atomic E-state index is -0.225. The molecule has 2 nitrogen and oxygen atoms in total. The largest absolute Gasteiger partial charge is 0.489 e. The molecule has 19 heavy (non-hydrogen) atoms. The molecule has 100 valence electrons. The lowest BCUT2D eigenvalue weighted by Crippen LogP contribution is -2.08. The minimum Gasteiger partial charge on any atom is -0.489 e. The third-order valence-corrected chi connectivity index (χ3v) is 3.10. The average molecular weight is 259 g/mol. The standard InChI is InChI=1S/C16H18FNO/c1-11-9-14(17)8-7-13(11)10-19-16-6-4-3-5-15(16)12(2)18/h3-9,12H,10,18H2,1-2H3. The van der Waals surface area contributed by atoms with Gasteiger partial charge < -0.3 is 10.5 Å². The maximum atomic E-state index is 13.0. The van der Waals surface area contributed by atoms with Crippen molar-refractivity contribution in [2.24, 2.45) is 5.73 Å².